The van der Waals surface area contributed by atoms with Crippen LogP contribution in [0.1, 0.15) is 32.2 Å². The Bertz CT molecular complexity index is 756. The van der Waals surface area contributed by atoms with Gasteiger partial charge in [0.15, 0.2) is 0 Å². The molecule has 1 aliphatic rings. The molecule has 140 valence electrons. The number of para-hydroxylation sites is 1. The number of ether oxygens (including phenoxy) is 1. The minimum absolute atomic E-state index is 0.119. The molecule has 1 aromatic heterocycles. The lowest BCUT2D eigenvalue weighted by Gasteiger charge is -2.35. The Labute approximate surface area is 157 Å². The molecule has 0 N–H and O–H groups in total. The molecule has 0 saturated carbocycles. The molecule has 1 fully saturated rings. The van der Waals surface area contributed by atoms with E-state index in [-0.39, 0.29) is 12.0 Å². The number of carbonyl (C=O) groups excluding carboxylic acids is 2. The fourth-order valence-electron chi connectivity index (χ4n) is 2.86. The topological polar surface area (TPSA) is 62.7 Å². The Kier molecular flexibility index (Phi) is 5.46. The van der Waals surface area contributed by atoms with Gasteiger partial charge in [0.1, 0.15) is 5.60 Å². The largest absolute Gasteiger partial charge is 0.444 e. The third-order valence-corrected chi connectivity index (χ3v) is 5.27. The Hall–Kier alpha value is -2.15. The number of carbonyl (C=O) groups is 2. The molecule has 2 amide bonds. The number of rotatable bonds is 3. The van der Waals surface area contributed by atoms with Crippen molar-refractivity contribution in [3.05, 3.63) is 29.3 Å². The summed E-state index contributed by atoms with van der Waals surface area (Å²) in [5.74, 6) is 0.119. The molecule has 0 bridgehead atoms. The molecule has 0 unspecified atom stereocenters. The predicted molar refractivity (Wildman–Crippen MR) is 102 cm³/mol. The van der Waals surface area contributed by atoms with Crippen LogP contribution in [-0.4, -0.2) is 58.6 Å². The molecule has 2 aromatic rings. The van der Waals surface area contributed by atoms with Crippen molar-refractivity contribution in [2.45, 2.75) is 39.2 Å². The molecule has 0 aliphatic carbocycles. The van der Waals surface area contributed by atoms with E-state index in [1.54, 1.807) is 16.2 Å². The maximum absolute atomic E-state index is 12.5. The van der Waals surface area contributed by atoms with E-state index in [2.05, 4.69) is 4.98 Å². The zero-order valence-corrected chi connectivity index (χ0v) is 16.3. The monoisotopic (exact) mass is 375 g/mol. The highest BCUT2D eigenvalue weighted by Gasteiger charge is 2.27. The van der Waals surface area contributed by atoms with Crippen molar-refractivity contribution >= 4 is 33.6 Å². The third kappa shape index (κ3) is 4.72. The maximum Gasteiger partial charge on any atom is 0.410 e. The molecule has 0 atom stereocenters. The lowest BCUT2D eigenvalue weighted by Crippen LogP contribution is -2.51. The lowest BCUT2D eigenvalue weighted by molar-refractivity contribution is -0.132. The Morgan fingerprint density at radius 2 is 1.77 bits per heavy atom. The van der Waals surface area contributed by atoms with Crippen LogP contribution in [0.5, 0.6) is 0 Å². The summed E-state index contributed by atoms with van der Waals surface area (Å²) in [6.45, 7) is 7.70. The van der Waals surface area contributed by atoms with Crippen LogP contribution in [-0.2, 0) is 16.0 Å². The Morgan fingerprint density at radius 1 is 1.12 bits per heavy atom. The van der Waals surface area contributed by atoms with Crippen molar-refractivity contribution < 1.29 is 14.3 Å². The van der Waals surface area contributed by atoms with Gasteiger partial charge in [-0.15, -0.1) is 11.3 Å². The Morgan fingerprint density at radius 3 is 2.42 bits per heavy atom. The number of aromatic nitrogens is 1. The van der Waals surface area contributed by atoms with Crippen molar-refractivity contribution in [2.75, 3.05) is 26.2 Å². The van der Waals surface area contributed by atoms with Gasteiger partial charge >= 0.3 is 6.09 Å². The van der Waals surface area contributed by atoms with Crippen molar-refractivity contribution in [1.29, 1.82) is 0 Å². The number of hydrogen-bond donors (Lipinski definition) is 0. The van der Waals surface area contributed by atoms with Crippen molar-refractivity contribution in [2.24, 2.45) is 0 Å². The first kappa shape index (κ1) is 18.6. The number of thiazole rings is 1. The van der Waals surface area contributed by atoms with E-state index in [0.717, 1.165) is 15.2 Å². The molecule has 2 heterocycles. The van der Waals surface area contributed by atoms with Gasteiger partial charge in [-0.25, -0.2) is 9.78 Å². The van der Waals surface area contributed by atoms with Gasteiger partial charge in [-0.2, -0.15) is 0 Å². The molecule has 3 rings (SSSR count). The smallest absolute Gasteiger partial charge is 0.410 e. The van der Waals surface area contributed by atoms with Crippen LogP contribution >= 0.6 is 11.3 Å². The van der Waals surface area contributed by atoms with Crippen LogP contribution in [0.2, 0.25) is 0 Å². The van der Waals surface area contributed by atoms with Gasteiger partial charge in [0.25, 0.3) is 0 Å². The van der Waals surface area contributed by atoms with E-state index >= 15 is 0 Å². The van der Waals surface area contributed by atoms with Crippen LogP contribution in [0.3, 0.4) is 0 Å². The number of hydrogen-bond acceptors (Lipinski definition) is 5. The second-order valence-corrected chi connectivity index (χ2v) is 8.54. The molecular weight excluding hydrogens is 350 g/mol. The summed E-state index contributed by atoms with van der Waals surface area (Å²) in [5, 5.41) is 0.993. The average molecular weight is 375 g/mol. The van der Waals surface area contributed by atoms with Gasteiger partial charge in [-0.3, -0.25) is 4.79 Å². The standard InChI is InChI=1S/C19H25N3O3S/c1-19(2,3)25-18(24)22-12-10-21(11-13-22)17(23)9-8-16-20-14-6-4-5-7-15(14)26-16/h4-7H,8-13H2,1-3H3. The molecule has 1 aliphatic heterocycles. The molecular formula is C19H25N3O3S. The number of fused-ring (bicyclic) bond motifs is 1. The molecule has 0 radical (unpaired) electrons. The molecule has 7 heteroatoms. The fraction of sp³-hybridized carbons (Fsp3) is 0.526. The number of benzene rings is 1. The van der Waals surface area contributed by atoms with E-state index in [1.807, 2.05) is 49.9 Å². The van der Waals surface area contributed by atoms with Crippen LogP contribution in [0, 0.1) is 0 Å². The second kappa shape index (κ2) is 7.61. The van der Waals surface area contributed by atoms with E-state index < -0.39 is 5.60 Å². The highest BCUT2D eigenvalue weighted by Crippen LogP contribution is 2.22. The molecule has 1 aromatic carbocycles. The van der Waals surface area contributed by atoms with Crippen molar-refractivity contribution in [3.8, 4) is 0 Å². The number of piperazine rings is 1. The normalized spacial score (nSPS) is 15.3. The van der Waals surface area contributed by atoms with Crippen LogP contribution in [0.15, 0.2) is 24.3 Å². The number of nitrogens with zero attached hydrogens (tertiary/aromatic N) is 3. The molecule has 26 heavy (non-hydrogen) atoms. The van der Waals surface area contributed by atoms with E-state index in [0.29, 0.717) is 39.0 Å². The fourth-order valence-corrected chi connectivity index (χ4v) is 3.83. The molecule has 0 spiro atoms. The van der Waals surface area contributed by atoms with Crippen molar-refractivity contribution in [1.82, 2.24) is 14.8 Å². The minimum atomic E-state index is -0.499. The van der Waals surface area contributed by atoms with Crippen LogP contribution in [0.25, 0.3) is 10.2 Å². The highest BCUT2D eigenvalue weighted by molar-refractivity contribution is 7.18. The van der Waals surface area contributed by atoms with Crippen molar-refractivity contribution in [3.63, 3.8) is 0 Å². The summed E-state index contributed by atoms with van der Waals surface area (Å²) in [6, 6.07) is 8.02. The van der Waals surface area contributed by atoms with E-state index in [9.17, 15) is 9.59 Å². The first-order valence-electron chi connectivity index (χ1n) is 8.92. The van der Waals surface area contributed by atoms with Gasteiger partial charge in [0.05, 0.1) is 15.2 Å². The van der Waals surface area contributed by atoms with E-state index in [1.165, 1.54) is 0 Å². The van der Waals surface area contributed by atoms with Gasteiger partial charge in [-0.05, 0) is 32.9 Å². The third-order valence-electron chi connectivity index (χ3n) is 4.17. The minimum Gasteiger partial charge on any atom is -0.444 e. The Balaban J connectivity index is 1.47. The zero-order chi connectivity index (χ0) is 18.7. The lowest BCUT2D eigenvalue weighted by atomic mass is 10.2. The summed E-state index contributed by atoms with van der Waals surface area (Å²) < 4.78 is 6.54. The number of amides is 2. The van der Waals surface area contributed by atoms with Crippen LogP contribution < -0.4 is 0 Å². The van der Waals surface area contributed by atoms with Gasteiger partial charge in [0, 0.05) is 39.0 Å². The van der Waals surface area contributed by atoms with Gasteiger partial charge in [-0.1, -0.05) is 12.1 Å². The first-order valence-corrected chi connectivity index (χ1v) is 9.74. The quantitative estimate of drug-likeness (QED) is 0.826. The number of aryl methyl sites for hydroxylation is 1. The van der Waals surface area contributed by atoms with E-state index in [4.69, 9.17) is 4.74 Å². The zero-order valence-electron chi connectivity index (χ0n) is 15.5. The molecule has 1 saturated heterocycles. The summed E-state index contributed by atoms with van der Waals surface area (Å²) in [6.07, 6.45) is 0.801. The van der Waals surface area contributed by atoms with Crippen LogP contribution in [0.4, 0.5) is 4.79 Å². The summed E-state index contributed by atoms with van der Waals surface area (Å²) in [5.41, 5.74) is 0.493. The highest BCUT2D eigenvalue weighted by atomic mass is 32.1. The predicted octanol–water partition coefficient (Wildman–Crippen LogP) is 3.31. The summed E-state index contributed by atoms with van der Waals surface area (Å²) >= 11 is 1.64. The first-order chi connectivity index (χ1) is 12.3. The van der Waals surface area contributed by atoms with Gasteiger partial charge in [0.2, 0.25) is 5.91 Å². The maximum atomic E-state index is 12.5. The second-order valence-electron chi connectivity index (χ2n) is 7.42. The SMILES string of the molecule is CC(C)(C)OC(=O)N1CCN(C(=O)CCc2nc3ccccc3s2)CC1. The van der Waals surface area contributed by atoms with Gasteiger partial charge < -0.3 is 14.5 Å². The molecule has 6 nitrogen and oxygen atoms in total. The average Bonchev–Trinajstić information content (AvgIpc) is 3.01. The summed E-state index contributed by atoms with van der Waals surface area (Å²) in [7, 11) is 0. The summed E-state index contributed by atoms with van der Waals surface area (Å²) in [4.78, 5) is 32.6.